The number of halogens is 1. The van der Waals surface area contributed by atoms with Crippen molar-refractivity contribution in [1.29, 1.82) is 0 Å². The Morgan fingerprint density at radius 2 is 2.06 bits per heavy atom. The van der Waals surface area contributed by atoms with Crippen LogP contribution in [0.15, 0.2) is 16.3 Å². The van der Waals surface area contributed by atoms with Crippen molar-refractivity contribution in [3.05, 3.63) is 16.5 Å². The van der Waals surface area contributed by atoms with E-state index in [1.807, 2.05) is 6.92 Å². The van der Waals surface area contributed by atoms with E-state index in [9.17, 15) is 8.42 Å². The first-order valence-corrected chi connectivity index (χ1v) is 8.42. The van der Waals surface area contributed by atoms with Gasteiger partial charge in [0, 0.05) is 6.54 Å². The molecule has 0 saturated heterocycles. The van der Waals surface area contributed by atoms with Crippen molar-refractivity contribution in [1.82, 2.24) is 4.72 Å². The van der Waals surface area contributed by atoms with Crippen LogP contribution in [0.5, 0.6) is 0 Å². The summed E-state index contributed by atoms with van der Waals surface area (Å²) in [4.78, 5) is 0. The van der Waals surface area contributed by atoms with E-state index < -0.39 is 10.0 Å². The van der Waals surface area contributed by atoms with Crippen molar-refractivity contribution < 1.29 is 13.5 Å². The average molecular weight is 312 g/mol. The van der Waals surface area contributed by atoms with E-state index in [1.54, 1.807) is 13.0 Å². The van der Waals surface area contributed by atoms with Crippen LogP contribution in [0.4, 0.5) is 0 Å². The molecule has 4 nitrogen and oxygen atoms in total. The van der Waals surface area contributed by atoms with Crippen molar-refractivity contribution in [3.8, 4) is 0 Å². The molecular weight excluding hydrogens is 294 g/mol. The monoisotopic (exact) mass is 311 g/mol. The van der Waals surface area contributed by atoms with E-state index >= 15 is 0 Å². The zero-order valence-electron chi connectivity index (χ0n) is 10.4. The highest BCUT2D eigenvalue weighted by molar-refractivity contribution is 7.91. The summed E-state index contributed by atoms with van der Waals surface area (Å²) < 4.78 is 27.0. The minimum Gasteiger partial charge on any atom is -0.393 e. The van der Waals surface area contributed by atoms with Gasteiger partial charge in [-0.1, -0.05) is 18.5 Å². The molecule has 0 aliphatic rings. The topological polar surface area (TPSA) is 66.4 Å². The van der Waals surface area contributed by atoms with Crippen LogP contribution < -0.4 is 4.72 Å². The second-order valence-corrected chi connectivity index (χ2v) is 8.15. The van der Waals surface area contributed by atoms with Gasteiger partial charge in [-0.25, -0.2) is 13.1 Å². The number of hydrogen-bond acceptors (Lipinski definition) is 4. The van der Waals surface area contributed by atoms with Gasteiger partial charge in [0.05, 0.1) is 10.4 Å². The predicted octanol–water partition coefficient (Wildman–Crippen LogP) is 2.48. The number of aliphatic hydroxyl groups excluding tert-OH is 1. The molecule has 1 aromatic rings. The van der Waals surface area contributed by atoms with Crippen LogP contribution in [-0.2, 0) is 10.0 Å². The highest BCUT2D eigenvalue weighted by Gasteiger charge is 2.17. The molecule has 1 rings (SSSR count). The molecular formula is C11H18ClNO3S2. The Hall–Kier alpha value is -0.140. The molecule has 0 aromatic carbocycles. The Kier molecular flexibility index (Phi) is 6.07. The van der Waals surface area contributed by atoms with Gasteiger partial charge in [0.2, 0.25) is 10.0 Å². The van der Waals surface area contributed by atoms with E-state index in [0.29, 0.717) is 17.3 Å². The first-order chi connectivity index (χ1) is 8.31. The Morgan fingerprint density at radius 3 is 2.56 bits per heavy atom. The Morgan fingerprint density at radius 1 is 1.39 bits per heavy atom. The molecule has 2 N–H and O–H groups in total. The molecule has 0 spiro atoms. The zero-order valence-corrected chi connectivity index (χ0v) is 12.8. The summed E-state index contributed by atoms with van der Waals surface area (Å²) in [5.41, 5.74) is 0. The lowest BCUT2D eigenvalue weighted by atomic mass is 10.0. The summed E-state index contributed by atoms with van der Waals surface area (Å²) in [5.74, 6) is 0.185. The summed E-state index contributed by atoms with van der Waals surface area (Å²) in [6, 6.07) is 3.06. The molecule has 104 valence electrons. The largest absolute Gasteiger partial charge is 0.393 e. The Balaban J connectivity index is 2.47. The van der Waals surface area contributed by atoms with Gasteiger partial charge in [-0.3, -0.25) is 0 Å². The van der Waals surface area contributed by atoms with Gasteiger partial charge in [0.1, 0.15) is 4.21 Å². The maximum absolute atomic E-state index is 11.9. The van der Waals surface area contributed by atoms with Crippen molar-refractivity contribution in [3.63, 3.8) is 0 Å². The predicted molar refractivity (Wildman–Crippen MR) is 74.6 cm³/mol. The first-order valence-electron chi connectivity index (χ1n) is 5.74. The maximum atomic E-state index is 11.9. The van der Waals surface area contributed by atoms with Gasteiger partial charge >= 0.3 is 0 Å². The maximum Gasteiger partial charge on any atom is 0.250 e. The normalized spacial score (nSPS) is 15.6. The van der Waals surface area contributed by atoms with Gasteiger partial charge in [0.15, 0.2) is 0 Å². The van der Waals surface area contributed by atoms with Crippen LogP contribution >= 0.6 is 22.9 Å². The molecule has 0 radical (unpaired) electrons. The molecule has 0 saturated carbocycles. The lowest BCUT2D eigenvalue weighted by molar-refractivity contribution is 0.175. The van der Waals surface area contributed by atoms with Crippen LogP contribution in [0.2, 0.25) is 4.34 Å². The zero-order chi connectivity index (χ0) is 13.8. The summed E-state index contributed by atoms with van der Waals surface area (Å²) in [6.07, 6.45) is 1.11. The van der Waals surface area contributed by atoms with Gasteiger partial charge in [-0.15, -0.1) is 11.3 Å². The highest BCUT2D eigenvalue weighted by Crippen LogP contribution is 2.25. The number of thiophene rings is 1. The lowest BCUT2D eigenvalue weighted by Gasteiger charge is -2.13. The summed E-state index contributed by atoms with van der Waals surface area (Å²) >= 11 is 6.75. The quantitative estimate of drug-likeness (QED) is 0.813. The number of nitrogens with one attached hydrogen (secondary N) is 1. The van der Waals surface area contributed by atoms with Gasteiger partial charge in [-0.05, 0) is 37.8 Å². The van der Waals surface area contributed by atoms with Crippen molar-refractivity contribution in [2.75, 3.05) is 6.54 Å². The van der Waals surface area contributed by atoms with Gasteiger partial charge in [0.25, 0.3) is 0 Å². The fourth-order valence-corrected chi connectivity index (χ4v) is 4.09. The van der Waals surface area contributed by atoms with Crippen LogP contribution in [0.25, 0.3) is 0 Å². The smallest absolute Gasteiger partial charge is 0.250 e. The van der Waals surface area contributed by atoms with E-state index in [-0.39, 0.29) is 16.2 Å². The van der Waals surface area contributed by atoms with E-state index in [0.717, 1.165) is 17.8 Å². The third-order valence-corrected chi connectivity index (χ3v) is 5.66. The molecule has 0 aliphatic carbocycles. The van der Waals surface area contributed by atoms with Crippen LogP contribution in [0.3, 0.4) is 0 Å². The molecule has 0 amide bonds. The summed E-state index contributed by atoms with van der Waals surface area (Å²) in [5, 5.41) is 9.16. The van der Waals surface area contributed by atoms with Gasteiger partial charge < -0.3 is 5.11 Å². The Labute approximate surface area is 117 Å². The first kappa shape index (κ1) is 15.9. The van der Waals surface area contributed by atoms with Crippen LogP contribution in [0.1, 0.15) is 26.7 Å². The average Bonchev–Trinajstić information content (AvgIpc) is 2.71. The molecule has 2 atom stereocenters. The van der Waals surface area contributed by atoms with E-state index in [4.69, 9.17) is 16.7 Å². The molecule has 18 heavy (non-hydrogen) atoms. The minimum absolute atomic E-state index is 0.185. The molecule has 1 heterocycles. The summed E-state index contributed by atoms with van der Waals surface area (Å²) in [6.45, 7) is 4.04. The fraction of sp³-hybridized carbons (Fsp3) is 0.636. The Bertz CT molecular complexity index is 470. The van der Waals surface area contributed by atoms with Crippen LogP contribution in [-0.4, -0.2) is 26.2 Å². The highest BCUT2D eigenvalue weighted by atomic mass is 35.5. The molecule has 0 fully saturated rings. The fourth-order valence-electron chi connectivity index (χ4n) is 1.39. The number of aliphatic hydroxyl groups is 1. The van der Waals surface area contributed by atoms with Crippen molar-refractivity contribution >= 4 is 33.0 Å². The standard InChI is InChI=1S/C11H18ClNO3S2/c1-8(3-4-9(2)14)7-13-18(15,16)11-6-5-10(12)17-11/h5-6,8-9,13-14H,3-4,7H2,1-2H3/t8-,9?/m0/s1. The molecule has 1 aromatic heterocycles. The number of sulfonamides is 1. The number of rotatable bonds is 7. The van der Waals surface area contributed by atoms with Crippen molar-refractivity contribution in [2.24, 2.45) is 5.92 Å². The molecule has 0 bridgehead atoms. The van der Waals surface area contributed by atoms with E-state index in [1.165, 1.54) is 6.07 Å². The minimum atomic E-state index is -3.45. The van der Waals surface area contributed by atoms with E-state index in [2.05, 4.69) is 4.72 Å². The SMILES string of the molecule is CC(O)CC[C@H](C)CNS(=O)(=O)c1ccc(Cl)s1. The third kappa shape index (κ3) is 5.24. The molecule has 7 heteroatoms. The molecule has 0 aliphatic heterocycles. The summed E-state index contributed by atoms with van der Waals surface area (Å²) in [7, 11) is -3.45. The number of hydrogen-bond donors (Lipinski definition) is 2. The van der Waals surface area contributed by atoms with Gasteiger partial charge in [-0.2, -0.15) is 0 Å². The third-order valence-electron chi connectivity index (χ3n) is 2.51. The van der Waals surface area contributed by atoms with Crippen molar-refractivity contribution in [2.45, 2.75) is 37.0 Å². The van der Waals surface area contributed by atoms with Crippen LogP contribution in [0, 0.1) is 5.92 Å². The second kappa shape index (κ2) is 6.86. The molecule has 1 unspecified atom stereocenters. The second-order valence-electron chi connectivity index (χ2n) is 4.44. The lowest BCUT2D eigenvalue weighted by Crippen LogP contribution is -2.28.